The summed E-state index contributed by atoms with van der Waals surface area (Å²) in [6.45, 7) is 4.30. The highest BCUT2D eigenvalue weighted by Crippen LogP contribution is 2.11. The number of likely N-dealkylation sites (tertiary alicyclic amines) is 1. The van der Waals surface area contributed by atoms with E-state index in [4.69, 9.17) is 0 Å². The molecule has 1 unspecified atom stereocenters. The molecule has 0 bridgehead atoms. The van der Waals surface area contributed by atoms with Gasteiger partial charge in [-0.2, -0.15) is 0 Å². The third-order valence-corrected chi connectivity index (χ3v) is 3.30. The number of piperidine rings is 1. The van der Waals surface area contributed by atoms with Crippen molar-refractivity contribution in [3.63, 3.8) is 0 Å². The van der Waals surface area contributed by atoms with Crippen LogP contribution in [-0.4, -0.2) is 29.9 Å². The predicted octanol–water partition coefficient (Wildman–Crippen LogP) is 1.79. The Kier molecular flexibility index (Phi) is 4.15. The van der Waals surface area contributed by atoms with Crippen LogP contribution in [-0.2, 0) is 11.3 Å². The number of rotatable bonds is 3. The molecule has 0 radical (unpaired) electrons. The molecule has 0 aliphatic carbocycles. The molecule has 2 rings (SSSR count). The van der Waals surface area contributed by atoms with Crippen molar-refractivity contribution in [3.05, 3.63) is 35.9 Å². The minimum Gasteiger partial charge on any atom is -0.341 e. The van der Waals surface area contributed by atoms with Crippen molar-refractivity contribution >= 4 is 5.91 Å². The molecule has 1 aromatic carbocycles. The van der Waals surface area contributed by atoms with Crippen LogP contribution in [0, 0.1) is 0 Å². The van der Waals surface area contributed by atoms with Crippen LogP contribution in [0.1, 0.15) is 25.3 Å². The molecule has 1 amide bonds. The molecule has 1 aromatic rings. The summed E-state index contributed by atoms with van der Waals surface area (Å²) in [5.41, 5.74) is 1.30. The number of nitrogens with one attached hydrogen (secondary N) is 1. The number of carbonyl (C=O) groups is 1. The van der Waals surface area contributed by atoms with E-state index in [9.17, 15) is 4.79 Å². The third-order valence-electron chi connectivity index (χ3n) is 3.30. The van der Waals surface area contributed by atoms with Crippen LogP contribution in [0.2, 0.25) is 0 Å². The van der Waals surface area contributed by atoms with E-state index in [0.29, 0.717) is 6.04 Å². The van der Waals surface area contributed by atoms with Crippen LogP contribution in [0.15, 0.2) is 30.3 Å². The third kappa shape index (κ3) is 3.56. The first kappa shape index (κ1) is 12.1. The van der Waals surface area contributed by atoms with Gasteiger partial charge in [0.2, 0.25) is 5.91 Å². The number of hydrogen-bond donors (Lipinski definition) is 1. The first-order valence-corrected chi connectivity index (χ1v) is 6.28. The van der Waals surface area contributed by atoms with E-state index in [-0.39, 0.29) is 5.91 Å². The monoisotopic (exact) mass is 232 g/mol. The second kappa shape index (κ2) is 5.82. The molecule has 1 saturated heterocycles. The van der Waals surface area contributed by atoms with Gasteiger partial charge in [-0.3, -0.25) is 4.79 Å². The number of nitrogens with zero attached hydrogens (tertiary/aromatic N) is 1. The zero-order valence-corrected chi connectivity index (χ0v) is 10.4. The number of benzene rings is 1. The van der Waals surface area contributed by atoms with Crippen LogP contribution in [0.3, 0.4) is 0 Å². The normalized spacial score (nSPS) is 20.3. The summed E-state index contributed by atoms with van der Waals surface area (Å²) >= 11 is 0. The second-order valence-corrected chi connectivity index (χ2v) is 4.67. The number of carbonyl (C=O) groups excluding carboxylic acids is 1. The van der Waals surface area contributed by atoms with Crippen molar-refractivity contribution in [1.82, 2.24) is 10.2 Å². The van der Waals surface area contributed by atoms with Gasteiger partial charge in [-0.15, -0.1) is 0 Å². The summed E-state index contributed by atoms with van der Waals surface area (Å²) in [4.78, 5) is 13.3. The molecule has 1 N–H and O–H groups in total. The molecule has 1 aliphatic heterocycles. The predicted molar refractivity (Wildman–Crippen MR) is 68.6 cm³/mol. The molecular weight excluding hydrogens is 212 g/mol. The van der Waals surface area contributed by atoms with Gasteiger partial charge in [-0.25, -0.2) is 0 Å². The Morgan fingerprint density at radius 3 is 2.88 bits per heavy atom. The van der Waals surface area contributed by atoms with Gasteiger partial charge in [0.15, 0.2) is 0 Å². The minimum atomic E-state index is 0.191. The molecule has 3 nitrogen and oxygen atoms in total. The standard InChI is InChI=1S/C14H20N2O/c1-12(17)16-9-5-8-14(11-16)15-10-13-6-3-2-4-7-13/h2-4,6-7,14-15H,5,8-11H2,1H3. The summed E-state index contributed by atoms with van der Waals surface area (Å²) in [5, 5.41) is 3.53. The van der Waals surface area contributed by atoms with Crippen LogP contribution in [0.5, 0.6) is 0 Å². The Labute approximate surface area is 103 Å². The molecule has 17 heavy (non-hydrogen) atoms. The zero-order valence-electron chi connectivity index (χ0n) is 10.4. The topological polar surface area (TPSA) is 32.3 Å². The maximum atomic E-state index is 11.3. The van der Waals surface area contributed by atoms with Gasteiger partial charge >= 0.3 is 0 Å². The Balaban J connectivity index is 1.81. The molecule has 3 heteroatoms. The molecule has 1 atom stereocenters. The van der Waals surface area contributed by atoms with E-state index in [1.807, 2.05) is 11.0 Å². The fraction of sp³-hybridized carbons (Fsp3) is 0.500. The van der Waals surface area contributed by atoms with E-state index in [1.54, 1.807) is 6.92 Å². The lowest BCUT2D eigenvalue weighted by atomic mass is 10.1. The first-order chi connectivity index (χ1) is 8.25. The van der Waals surface area contributed by atoms with Crippen molar-refractivity contribution in [2.45, 2.75) is 32.4 Å². The van der Waals surface area contributed by atoms with Gasteiger partial charge in [-0.1, -0.05) is 30.3 Å². The molecule has 1 aliphatic rings. The Hall–Kier alpha value is -1.35. The summed E-state index contributed by atoms with van der Waals surface area (Å²) in [7, 11) is 0. The molecule has 1 fully saturated rings. The molecule has 92 valence electrons. The Morgan fingerprint density at radius 2 is 2.18 bits per heavy atom. The van der Waals surface area contributed by atoms with Crippen molar-refractivity contribution < 1.29 is 4.79 Å². The summed E-state index contributed by atoms with van der Waals surface area (Å²) in [6.07, 6.45) is 2.27. The van der Waals surface area contributed by atoms with Crippen molar-refractivity contribution in [3.8, 4) is 0 Å². The zero-order chi connectivity index (χ0) is 12.1. The summed E-state index contributed by atoms with van der Waals surface area (Å²) in [5.74, 6) is 0.191. The lowest BCUT2D eigenvalue weighted by Crippen LogP contribution is -2.47. The van der Waals surface area contributed by atoms with E-state index < -0.39 is 0 Å². The second-order valence-electron chi connectivity index (χ2n) is 4.67. The lowest BCUT2D eigenvalue weighted by Gasteiger charge is -2.32. The maximum Gasteiger partial charge on any atom is 0.219 e. The molecular formula is C14H20N2O. The van der Waals surface area contributed by atoms with Gasteiger partial charge in [-0.05, 0) is 18.4 Å². The first-order valence-electron chi connectivity index (χ1n) is 6.28. The highest BCUT2D eigenvalue weighted by atomic mass is 16.2. The average Bonchev–Trinajstić information content (AvgIpc) is 2.38. The lowest BCUT2D eigenvalue weighted by molar-refractivity contribution is -0.130. The van der Waals surface area contributed by atoms with Crippen LogP contribution in [0.25, 0.3) is 0 Å². The van der Waals surface area contributed by atoms with Gasteiger partial charge in [0.25, 0.3) is 0 Å². The van der Waals surface area contributed by atoms with E-state index in [1.165, 1.54) is 5.56 Å². The van der Waals surface area contributed by atoms with Gasteiger partial charge in [0.1, 0.15) is 0 Å². The van der Waals surface area contributed by atoms with Gasteiger partial charge in [0, 0.05) is 32.6 Å². The fourth-order valence-corrected chi connectivity index (χ4v) is 2.29. The van der Waals surface area contributed by atoms with Crippen LogP contribution >= 0.6 is 0 Å². The van der Waals surface area contributed by atoms with E-state index in [2.05, 4.69) is 29.6 Å². The smallest absolute Gasteiger partial charge is 0.219 e. The average molecular weight is 232 g/mol. The van der Waals surface area contributed by atoms with E-state index >= 15 is 0 Å². The number of hydrogen-bond acceptors (Lipinski definition) is 2. The van der Waals surface area contributed by atoms with Crippen molar-refractivity contribution in [2.75, 3.05) is 13.1 Å². The van der Waals surface area contributed by atoms with Crippen molar-refractivity contribution in [1.29, 1.82) is 0 Å². The Morgan fingerprint density at radius 1 is 1.41 bits per heavy atom. The molecule has 0 spiro atoms. The molecule has 0 saturated carbocycles. The highest BCUT2D eigenvalue weighted by molar-refractivity contribution is 5.73. The molecule has 1 heterocycles. The quantitative estimate of drug-likeness (QED) is 0.861. The van der Waals surface area contributed by atoms with E-state index in [0.717, 1.165) is 32.5 Å². The Bertz CT molecular complexity index is 364. The number of amides is 1. The van der Waals surface area contributed by atoms with Crippen molar-refractivity contribution in [2.24, 2.45) is 0 Å². The molecule has 0 aromatic heterocycles. The highest BCUT2D eigenvalue weighted by Gasteiger charge is 2.20. The van der Waals surface area contributed by atoms with Crippen LogP contribution in [0.4, 0.5) is 0 Å². The summed E-state index contributed by atoms with van der Waals surface area (Å²) in [6, 6.07) is 10.8. The maximum absolute atomic E-state index is 11.3. The van der Waals surface area contributed by atoms with Gasteiger partial charge in [0.05, 0.1) is 0 Å². The largest absolute Gasteiger partial charge is 0.341 e. The fourth-order valence-electron chi connectivity index (χ4n) is 2.29. The SMILES string of the molecule is CC(=O)N1CCCC(NCc2ccccc2)C1. The minimum absolute atomic E-state index is 0.191. The van der Waals surface area contributed by atoms with Gasteiger partial charge < -0.3 is 10.2 Å². The van der Waals surface area contributed by atoms with Crippen LogP contribution < -0.4 is 5.32 Å². The summed E-state index contributed by atoms with van der Waals surface area (Å²) < 4.78 is 0.